The Bertz CT molecular complexity index is 948. The third-order valence-corrected chi connectivity index (χ3v) is 4.53. The van der Waals surface area contributed by atoms with Crippen LogP contribution in [0.25, 0.3) is 11.0 Å². The van der Waals surface area contributed by atoms with Crippen LogP contribution in [0.1, 0.15) is 23.6 Å². The lowest BCUT2D eigenvalue weighted by Gasteiger charge is -2.12. The zero-order chi connectivity index (χ0) is 18.7. The van der Waals surface area contributed by atoms with Gasteiger partial charge >= 0.3 is 5.97 Å². The van der Waals surface area contributed by atoms with Crippen molar-refractivity contribution in [3.8, 4) is 5.75 Å². The third-order valence-electron chi connectivity index (χ3n) is 3.94. The molecule has 3 rings (SSSR count). The van der Waals surface area contributed by atoms with Crippen molar-refractivity contribution in [2.45, 2.75) is 26.9 Å². The highest BCUT2D eigenvalue weighted by Gasteiger charge is 2.13. The molecule has 0 amide bonds. The second kappa shape index (κ2) is 7.91. The number of ether oxygens (including phenoxy) is 2. The Labute approximate surface area is 159 Å². The van der Waals surface area contributed by atoms with Crippen LogP contribution in [0.15, 0.2) is 45.5 Å². The monoisotopic (exact) mass is 420 g/mol. The molecule has 0 saturated carbocycles. The normalized spacial score (nSPS) is 10.9. The van der Waals surface area contributed by atoms with Gasteiger partial charge in [-0.05, 0) is 71.2 Å². The van der Waals surface area contributed by atoms with E-state index in [1.807, 2.05) is 19.1 Å². The highest BCUT2D eigenvalue weighted by Crippen LogP contribution is 2.30. The number of rotatable bonds is 6. The molecule has 26 heavy (non-hydrogen) atoms. The van der Waals surface area contributed by atoms with Gasteiger partial charge in [0, 0.05) is 10.9 Å². The van der Waals surface area contributed by atoms with Gasteiger partial charge in [-0.1, -0.05) is 0 Å². The van der Waals surface area contributed by atoms with Gasteiger partial charge in [0.25, 0.3) is 0 Å². The Morgan fingerprint density at radius 3 is 2.85 bits per heavy atom. The van der Waals surface area contributed by atoms with Gasteiger partial charge in [-0.25, -0.2) is 4.39 Å². The molecule has 0 radical (unpaired) electrons. The van der Waals surface area contributed by atoms with Crippen LogP contribution in [-0.2, 0) is 22.6 Å². The summed E-state index contributed by atoms with van der Waals surface area (Å²) >= 11 is 3.50. The molecule has 0 N–H and O–H groups in total. The maximum atomic E-state index is 13.6. The molecule has 0 unspecified atom stereocenters. The summed E-state index contributed by atoms with van der Waals surface area (Å²) < 4.78 is 30.7. The number of carbonyl (C=O) groups is 1. The van der Waals surface area contributed by atoms with Crippen molar-refractivity contribution in [1.82, 2.24) is 0 Å². The van der Waals surface area contributed by atoms with E-state index in [1.165, 1.54) is 18.2 Å². The smallest absolute Gasteiger partial charge is 0.310 e. The minimum Gasteiger partial charge on any atom is -0.489 e. The summed E-state index contributed by atoms with van der Waals surface area (Å²) in [6, 6.07) is 8.04. The minimum atomic E-state index is -0.421. The van der Waals surface area contributed by atoms with Gasteiger partial charge in [-0.15, -0.1) is 0 Å². The Morgan fingerprint density at radius 1 is 1.27 bits per heavy atom. The van der Waals surface area contributed by atoms with Gasteiger partial charge < -0.3 is 13.9 Å². The fraction of sp³-hybridized carbons (Fsp3) is 0.250. The van der Waals surface area contributed by atoms with Crippen LogP contribution in [0, 0.1) is 12.7 Å². The fourth-order valence-electron chi connectivity index (χ4n) is 2.71. The van der Waals surface area contributed by atoms with Crippen molar-refractivity contribution >= 4 is 32.9 Å². The van der Waals surface area contributed by atoms with Crippen molar-refractivity contribution in [2.24, 2.45) is 0 Å². The van der Waals surface area contributed by atoms with Crippen molar-refractivity contribution in [1.29, 1.82) is 0 Å². The highest BCUT2D eigenvalue weighted by atomic mass is 79.9. The number of furan rings is 1. The number of aryl methyl sites for hydroxylation is 1. The molecular formula is C20H18BrFO4. The van der Waals surface area contributed by atoms with E-state index < -0.39 is 11.8 Å². The first-order valence-electron chi connectivity index (χ1n) is 8.21. The largest absolute Gasteiger partial charge is 0.489 e. The third kappa shape index (κ3) is 4.07. The summed E-state index contributed by atoms with van der Waals surface area (Å²) in [5, 5.41) is 1.00. The molecule has 4 nitrogen and oxygen atoms in total. The predicted molar refractivity (Wildman–Crippen MR) is 99.7 cm³/mol. The Balaban J connectivity index is 1.81. The average Bonchev–Trinajstić information content (AvgIpc) is 2.96. The van der Waals surface area contributed by atoms with Crippen molar-refractivity contribution in [3.05, 3.63) is 63.6 Å². The second-order valence-electron chi connectivity index (χ2n) is 5.90. The first kappa shape index (κ1) is 18.5. The molecule has 0 aliphatic rings. The first-order valence-corrected chi connectivity index (χ1v) is 9.00. The van der Waals surface area contributed by atoms with Crippen LogP contribution in [0.2, 0.25) is 0 Å². The van der Waals surface area contributed by atoms with Gasteiger partial charge in [-0.2, -0.15) is 0 Å². The van der Waals surface area contributed by atoms with E-state index >= 15 is 0 Å². The molecule has 0 aliphatic carbocycles. The van der Waals surface area contributed by atoms with Gasteiger partial charge in [0.05, 0.1) is 23.8 Å². The Morgan fingerprint density at radius 2 is 2.08 bits per heavy atom. The molecule has 2 aromatic carbocycles. The number of fused-ring (bicyclic) bond motifs is 1. The maximum Gasteiger partial charge on any atom is 0.310 e. The zero-order valence-corrected chi connectivity index (χ0v) is 16.1. The molecular weight excluding hydrogens is 403 g/mol. The molecule has 1 aromatic heterocycles. The summed E-state index contributed by atoms with van der Waals surface area (Å²) in [6.45, 7) is 4.26. The molecule has 0 bridgehead atoms. The van der Waals surface area contributed by atoms with E-state index in [1.54, 1.807) is 13.2 Å². The second-order valence-corrected chi connectivity index (χ2v) is 6.75. The van der Waals surface area contributed by atoms with Crippen molar-refractivity contribution in [2.75, 3.05) is 6.61 Å². The van der Waals surface area contributed by atoms with Crippen LogP contribution in [0.5, 0.6) is 5.75 Å². The lowest BCUT2D eigenvalue weighted by atomic mass is 10.1. The first-order chi connectivity index (χ1) is 12.5. The number of esters is 1. The van der Waals surface area contributed by atoms with Crippen LogP contribution in [0.4, 0.5) is 4.39 Å². The standard InChI is InChI=1S/C20H18BrFO4/c1-3-24-19(23)9-14-8-15(22)4-5-18(14)25-11-13-6-16-12(2)10-26-20(16)17(21)7-13/h4-8,10H,3,9,11H2,1-2H3. The Hall–Kier alpha value is -2.34. The highest BCUT2D eigenvalue weighted by molar-refractivity contribution is 9.10. The minimum absolute atomic E-state index is 0.0372. The zero-order valence-electron chi connectivity index (χ0n) is 14.5. The van der Waals surface area contributed by atoms with E-state index in [9.17, 15) is 9.18 Å². The molecule has 0 fully saturated rings. The number of halogens is 2. The summed E-state index contributed by atoms with van der Waals surface area (Å²) in [7, 11) is 0. The topological polar surface area (TPSA) is 48.7 Å². The molecule has 1 heterocycles. The molecule has 0 aliphatic heterocycles. The van der Waals surface area contributed by atoms with Crippen LogP contribution in [0.3, 0.4) is 0 Å². The van der Waals surface area contributed by atoms with Crippen LogP contribution >= 0.6 is 15.9 Å². The van der Waals surface area contributed by atoms with Gasteiger partial charge in [-0.3, -0.25) is 4.79 Å². The van der Waals surface area contributed by atoms with E-state index in [-0.39, 0.29) is 19.6 Å². The Kier molecular flexibility index (Phi) is 5.61. The molecule has 0 atom stereocenters. The summed E-state index contributed by atoms with van der Waals surface area (Å²) in [6.07, 6.45) is 1.67. The van der Waals surface area contributed by atoms with E-state index in [2.05, 4.69) is 15.9 Å². The lowest BCUT2D eigenvalue weighted by Crippen LogP contribution is -2.09. The molecule has 136 valence electrons. The summed E-state index contributed by atoms with van der Waals surface area (Å²) in [4.78, 5) is 11.7. The van der Waals surface area contributed by atoms with E-state index in [0.29, 0.717) is 11.3 Å². The van der Waals surface area contributed by atoms with Crippen molar-refractivity contribution < 1.29 is 23.1 Å². The molecule has 0 spiro atoms. The number of hydrogen-bond acceptors (Lipinski definition) is 4. The number of benzene rings is 2. The van der Waals surface area contributed by atoms with Gasteiger partial charge in [0.1, 0.15) is 23.8 Å². The maximum absolute atomic E-state index is 13.6. The van der Waals surface area contributed by atoms with Gasteiger partial charge in [0.2, 0.25) is 0 Å². The summed E-state index contributed by atoms with van der Waals surface area (Å²) in [5.41, 5.74) is 3.21. The van der Waals surface area contributed by atoms with Gasteiger partial charge in [0.15, 0.2) is 0 Å². The van der Waals surface area contributed by atoms with E-state index in [4.69, 9.17) is 13.9 Å². The van der Waals surface area contributed by atoms with Crippen LogP contribution < -0.4 is 4.74 Å². The SMILES string of the molecule is CCOC(=O)Cc1cc(F)ccc1OCc1cc(Br)c2occ(C)c2c1. The predicted octanol–water partition coefficient (Wildman–Crippen LogP) is 5.33. The van der Waals surface area contributed by atoms with Crippen molar-refractivity contribution in [3.63, 3.8) is 0 Å². The average molecular weight is 421 g/mol. The molecule has 6 heteroatoms. The summed E-state index contributed by atoms with van der Waals surface area (Å²) in [5.74, 6) is -0.379. The fourth-order valence-corrected chi connectivity index (χ4v) is 3.31. The number of carbonyl (C=O) groups excluding carboxylic acids is 1. The molecule has 3 aromatic rings. The lowest BCUT2D eigenvalue weighted by molar-refractivity contribution is -0.142. The van der Waals surface area contributed by atoms with E-state index in [0.717, 1.165) is 26.6 Å². The number of hydrogen-bond donors (Lipinski definition) is 0. The quantitative estimate of drug-likeness (QED) is 0.505. The van der Waals surface area contributed by atoms with Crippen LogP contribution in [-0.4, -0.2) is 12.6 Å². The molecule has 0 saturated heterocycles.